The lowest BCUT2D eigenvalue weighted by Crippen LogP contribution is -2.28. The van der Waals surface area contributed by atoms with Crippen molar-refractivity contribution in [3.8, 4) is 0 Å². The summed E-state index contributed by atoms with van der Waals surface area (Å²) in [6.07, 6.45) is 0. The molecule has 0 fully saturated rings. The quantitative estimate of drug-likeness (QED) is 0.672. The van der Waals surface area contributed by atoms with Crippen LogP contribution >= 0.6 is 27.3 Å². The monoisotopic (exact) mass is 314 g/mol. The molecule has 1 atom stereocenters. The smallest absolute Gasteiger partial charge is 0.126 e. The Bertz CT molecular complexity index is 527. The summed E-state index contributed by atoms with van der Waals surface area (Å²) in [5, 5.41) is 2.02. The molecule has 0 bridgehead atoms. The van der Waals surface area contributed by atoms with Gasteiger partial charge in [-0.1, -0.05) is 12.1 Å². The van der Waals surface area contributed by atoms with Crippen molar-refractivity contribution in [1.82, 2.24) is 5.43 Å². The minimum Gasteiger partial charge on any atom is -0.271 e. The highest BCUT2D eigenvalue weighted by Crippen LogP contribution is 2.29. The molecule has 0 saturated heterocycles. The van der Waals surface area contributed by atoms with Crippen LogP contribution in [0.25, 0.3) is 0 Å². The summed E-state index contributed by atoms with van der Waals surface area (Å²) in [5.74, 6) is 5.38. The zero-order valence-corrected chi connectivity index (χ0v) is 11.6. The van der Waals surface area contributed by atoms with Crippen molar-refractivity contribution in [1.29, 1.82) is 0 Å². The van der Waals surface area contributed by atoms with E-state index >= 15 is 0 Å². The first-order valence-electron chi connectivity index (χ1n) is 5.08. The fraction of sp³-hybridized carbons (Fsp3) is 0.167. The van der Waals surface area contributed by atoms with Crippen LogP contribution < -0.4 is 11.3 Å². The lowest BCUT2D eigenvalue weighted by molar-refractivity contribution is 0.608. The summed E-state index contributed by atoms with van der Waals surface area (Å²) in [7, 11) is 0. The first-order chi connectivity index (χ1) is 8.11. The Hall–Kier alpha value is -0.750. The van der Waals surface area contributed by atoms with Gasteiger partial charge in [0.25, 0.3) is 0 Å². The van der Waals surface area contributed by atoms with E-state index < -0.39 is 0 Å². The Kier molecular flexibility index (Phi) is 3.93. The zero-order chi connectivity index (χ0) is 12.4. The summed E-state index contributed by atoms with van der Waals surface area (Å²) in [5.41, 5.74) is 5.40. The van der Waals surface area contributed by atoms with Crippen LogP contribution in [0.1, 0.15) is 22.7 Å². The number of aryl methyl sites for hydroxylation is 1. The summed E-state index contributed by atoms with van der Waals surface area (Å²) < 4.78 is 14.3. The molecule has 2 nitrogen and oxygen atoms in total. The second-order valence-electron chi connectivity index (χ2n) is 3.79. The first kappa shape index (κ1) is 12.7. The molecular formula is C12H12BrFN2S. The maximum atomic E-state index is 13.2. The van der Waals surface area contributed by atoms with Crippen molar-refractivity contribution >= 4 is 27.3 Å². The second-order valence-corrected chi connectivity index (χ2v) is 6.08. The Morgan fingerprint density at radius 3 is 2.65 bits per heavy atom. The molecule has 5 heteroatoms. The van der Waals surface area contributed by atoms with Crippen molar-refractivity contribution in [3.63, 3.8) is 0 Å². The number of benzene rings is 1. The number of hydrogen-bond acceptors (Lipinski definition) is 3. The SMILES string of the molecule is Cc1cc(C(NN)c2csc(Br)c2)ccc1F. The molecule has 2 rings (SSSR count). The molecule has 0 aliphatic carbocycles. The fourth-order valence-electron chi connectivity index (χ4n) is 1.71. The number of nitrogens with two attached hydrogens (primary N) is 1. The highest BCUT2D eigenvalue weighted by molar-refractivity contribution is 9.11. The minimum atomic E-state index is -0.198. The van der Waals surface area contributed by atoms with Crippen LogP contribution in [0.15, 0.2) is 33.4 Å². The highest BCUT2D eigenvalue weighted by Gasteiger charge is 2.14. The van der Waals surface area contributed by atoms with Crippen LogP contribution in [0.5, 0.6) is 0 Å². The molecule has 0 aliphatic rings. The van der Waals surface area contributed by atoms with Crippen LogP contribution in [0.3, 0.4) is 0 Å². The molecule has 90 valence electrons. The third-order valence-electron chi connectivity index (χ3n) is 2.60. The lowest BCUT2D eigenvalue weighted by atomic mass is 10.00. The van der Waals surface area contributed by atoms with Gasteiger partial charge in [-0.25, -0.2) is 9.82 Å². The third-order valence-corrected chi connectivity index (χ3v) is 4.13. The van der Waals surface area contributed by atoms with Gasteiger partial charge in [0.15, 0.2) is 0 Å². The largest absolute Gasteiger partial charge is 0.271 e. The molecule has 0 amide bonds. The highest BCUT2D eigenvalue weighted by atomic mass is 79.9. The molecular weight excluding hydrogens is 303 g/mol. The average Bonchev–Trinajstić information content (AvgIpc) is 2.71. The topological polar surface area (TPSA) is 38.0 Å². The Balaban J connectivity index is 2.38. The van der Waals surface area contributed by atoms with Crippen LogP contribution in [-0.4, -0.2) is 0 Å². The number of nitrogens with one attached hydrogen (secondary N) is 1. The van der Waals surface area contributed by atoms with E-state index in [4.69, 9.17) is 5.84 Å². The Labute approximate surface area is 112 Å². The van der Waals surface area contributed by atoms with Gasteiger partial charge in [-0.05, 0) is 57.1 Å². The molecule has 1 aromatic heterocycles. The number of halogens is 2. The first-order valence-corrected chi connectivity index (χ1v) is 6.75. The van der Waals surface area contributed by atoms with Crippen LogP contribution in [0, 0.1) is 12.7 Å². The van der Waals surface area contributed by atoms with Gasteiger partial charge in [0.2, 0.25) is 0 Å². The number of rotatable bonds is 3. The van der Waals surface area contributed by atoms with Crippen LogP contribution in [-0.2, 0) is 0 Å². The van der Waals surface area contributed by atoms with Gasteiger partial charge in [-0.15, -0.1) is 11.3 Å². The molecule has 3 N–H and O–H groups in total. The van der Waals surface area contributed by atoms with Crippen molar-refractivity contribution in [2.75, 3.05) is 0 Å². The number of thiophene rings is 1. The number of hydrazine groups is 1. The van der Waals surface area contributed by atoms with Crippen molar-refractivity contribution in [2.24, 2.45) is 5.84 Å². The summed E-state index contributed by atoms with van der Waals surface area (Å²) in [6.45, 7) is 1.75. The maximum Gasteiger partial charge on any atom is 0.126 e. The normalized spacial score (nSPS) is 12.7. The average molecular weight is 315 g/mol. The standard InChI is InChI=1S/C12H12BrFN2S/c1-7-4-8(2-3-10(7)14)12(16-15)9-5-11(13)17-6-9/h2-6,12,16H,15H2,1H3. The second kappa shape index (κ2) is 5.27. The van der Waals surface area contributed by atoms with Gasteiger partial charge in [0.1, 0.15) is 5.82 Å². The van der Waals surface area contributed by atoms with Gasteiger partial charge >= 0.3 is 0 Å². The predicted molar refractivity (Wildman–Crippen MR) is 72.3 cm³/mol. The van der Waals surface area contributed by atoms with E-state index in [0.29, 0.717) is 5.56 Å². The molecule has 0 radical (unpaired) electrons. The van der Waals surface area contributed by atoms with Gasteiger partial charge in [-0.3, -0.25) is 5.84 Å². The van der Waals surface area contributed by atoms with E-state index in [1.807, 2.05) is 17.5 Å². The predicted octanol–water partition coefficient (Wildman–Crippen LogP) is 3.51. The van der Waals surface area contributed by atoms with E-state index in [1.54, 1.807) is 24.3 Å². The summed E-state index contributed by atoms with van der Waals surface area (Å²) in [4.78, 5) is 0. The Morgan fingerprint density at radius 1 is 1.35 bits per heavy atom. The van der Waals surface area contributed by atoms with Gasteiger partial charge in [0, 0.05) is 0 Å². The summed E-state index contributed by atoms with van der Waals surface area (Å²) in [6, 6.07) is 6.92. The Morgan fingerprint density at radius 2 is 2.12 bits per heavy atom. The van der Waals surface area contributed by atoms with Gasteiger partial charge in [0.05, 0.1) is 9.83 Å². The van der Waals surface area contributed by atoms with E-state index in [-0.39, 0.29) is 11.9 Å². The van der Waals surface area contributed by atoms with E-state index in [1.165, 1.54) is 6.07 Å². The summed E-state index contributed by atoms with van der Waals surface area (Å²) >= 11 is 5.02. The number of hydrogen-bond donors (Lipinski definition) is 2. The lowest BCUT2D eigenvalue weighted by Gasteiger charge is -2.15. The molecule has 0 spiro atoms. The van der Waals surface area contributed by atoms with Gasteiger partial charge in [-0.2, -0.15) is 0 Å². The van der Waals surface area contributed by atoms with Crippen molar-refractivity contribution < 1.29 is 4.39 Å². The van der Waals surface area contributed by atoms with Crippen LogP contribution in [0.4, 0.5) is 4.39 Å². The molecule has 17 heavy (non-hydrogen) atoms. The van der Waals surface area contributed by atoms with Crippen LogP contribution in [0.2, 0.25) is 0 Å². The minimum absolute atomic E-state index is 0.114. The van der Waals surface area contributed by atoms with E-state index in [9.17, 15) is 4.39 Å². The molecule has 1 aromatic carbocycles. The van der Waals surface area contributed by atoms with Gasteiger partial charge < -0.3 is 0 Å². The zero-order valence-electron chi connectivity index (χ0n) is 9.21. The fourth-order valence-corrected chi connectivity index (χ4v) is 2.91. The molecule has 2 aromatic rings. The van der Waals surface area contributed by atoms with Crippen molar-refractivity contribution in [3.05, 3.63) is 55.9 Å². The molecule has 0 aliphatic heterocycles. The molecule has 1 heterocycles. The molecule has 1 unspecified atom stereocenters. The van der Waals surface area contributed by atoms with E-state index in [0.717, 1.165) is 14.9 Å². The van der Waals surface area contributed by atoms with E-state index in [2.05, 4.69) is 21.4 Å². The molecule has 0 saturated carbocycles. The maximum absolute atomic E-state index is 13.2. The third kappa shape index (κ3) is 2.74. The van der Waals surface area contributed by atoms with Crippen molar-refractivity contribution in [2.45, 2.75) is 13.0 Å².